The van der Waals surface area contributed by atoms with Crippen molar-refractivity contribution in [2.24, 2.45) is 34.5 Å². The van der Waals surface area contributed by atoms with Gasteiger partial charge in [0.25, 0.3) is 0 Å². The van der Waals surface area contributed by atoms with Crippen LogP contribution in [-0.2, 0) is 19.2 Å². The number of hydrogen-bond donors (Lipinski definition) is 3. The largest absolute Gasteiger partial charge is 0.507 e. The monoisotopic (exact) mass is 560 g/mol. The molecule has 8 atom stereocenters. The third-order valence-electron chi connectivity index (χ3n) is 10.6. The number of rotatable bonds is 3. The van der Waals surface area contributed by atoms with E-state index in [1.807, 2.05) is 31.2 Å². The SMILES string of the molecule is CC(=O)C1C(=O)C(C(C)C)[C@@]2(C)[C@H](O)[C@]3(C)C(C(=O)c4c(O)ccc(-c5ccc(C)cc5)c4[C@H]3C)C(=O)[C@@]2(O)C1=O. The topological polar surface area (TPSA) is 146 Å². The minimum absolute atomic E-state index is 0.103. The number of ketones is 5. The number of phenolic OH excluding ortho intramolecular Hbond substituents is 1. The van der Waals surface area contributed by atoms with E-state index in [1.54, 1.807) is 33.8 Å². The molecule has 0 aliphatic heterocycles. The van der Waals surface area contributed by atoms with Gasteiger partial charge < -0.3 is 15.3 Å². The molecule has 0 bridgehead atoms. The van der Waals surface area contributed by atoms with Crippen molar-refractivity contribution in [3.05, 3.63) is 53.1 Å². The van der Waals surface area contributed by atoms with Gasteiger partial charge in [0, 0.05) is 16.7 Å². The van der Waals surface area contributed by atoms with Gasteiger partial charge in [-0.1, -0.05) is 70.5 Å². The molecular weight excluding hydrogens is 524 g/mol. The average molecular weight is 561 g/mol. The molecule has 2 saturated carbocycles. The van der Waals surface area contributed by atoms with E-state index in [9.17, 15) is 39.3 Å². The first-order valence-corrected chi connectivity index (χ1v) is 14.0. The molecule has 0 spiro atoms. The fourth-order valence-electron chi connectivity index (χ4n) is 8.40. The van der Waals surface area contributed by atoms with Crippen LogP contribution in [0, 0.1) is 41.4 Å². The number of aliphatic hydroxyl groups excluding tert-OH is 1. The number of Topliss-reactive ketones (excluding diaryl/α,β-unsaturated/α-hetero) is 5. The number of benzene rings is 2. The zero-order chi connectivity index (χ0) is 30.6. The van der Waals surface area contributed by atoms with E-state index in [-0.39, 0.29) is 11.3 Å². The van der Waals surface area contributed by atoms with E-state index in [1.165, 1.54) is 13.0 Å². The Hall–Kier alpha value is -3.49. The first-order chi connectivity index (χ1) is 19.0. The lowest BCUT2D eigenvalue weighted by Crippen LogP contribution is -2.82. The molecule has 216 valence electrons. The van der Waals surface area contributed by atoms with E-state index in [0.717, 1.165) is 18.1 Å². The lowest BCUT2D eigenvalue weighted by atomic mass is 9.37. The molecule has 0 amide bonds. The summed E-state index contributed by atoms with van der Waals surface area (Å²) in [5, 5.41) is 35.5. The van der Waals surface area contributed by atoms with Crippen LogP contribution < -0.4 is 0 Å². The first-order valence-electron chi connectivity index (χ1n) is 14.0. The van der Waals surface area contributed by atoms with Gasteiger partial charge in [-0.3, -0.25) is 24.0 Å². The second kappa shape index (κ2) is 9.00. The van der Waals surface area contributed by atoms with Crippen molar-refractivity contribution in [2.75, 3.05) is 0 Å². The number of aliphatic hydroxyl groups is 2. The van der Waals surface area contributed by atoms with Crippen LogP contribution in [0.15, 0.2) is 36.4 Å². The molecule has 8 nitrogen and oxygen atoms in total. The molecule has 8 heteroatoms. The molecule has 0 saturated heterocycles. The molecule has 41 heavy (non-hydrogen) atoms. The summed E-state index contributed by atoms with van der Waals surface area (Å²) in [5.74, 6) is -11.3. The fourth-order valence-corrected chi connectivity index (χ4v) is 8.40. The molecule has 0 heterocycles. The van der Waals surface area contributed by atoms with Crippen molar-refractivity contribution in [3.63, 3.8) is 0 Å². The van der Waals surface area contributed by atoms with E-state index in [0.29, 0.717) is 11.1 Å². The summed E-state index contributed by atoms with van der Waals surface area (Å²) in [6, 6.07) is 10.6. The molecule has 3 aliphatic carbocycles. The summed E-state index contributed by atoms with van der Waals surface area (Å²) in [6.45, 7) is 11.0. The smallest absolute Gasteiger partial charge is 0.191 e. The van der Waals surface area contributed by atoms with Crippen LogP contribution in [0.1, 0.15) is 68.9 Å². The number of aromatic hydroxyl groups is 1. The highest BCUT2D eigenvalue weighted by atomic mass is 16.3. The highest BCUT2D eigenvalue weighted by Crippen LogP contribution is 2.67. The number of hydrogen-bond acceptors (Lipinski definition) is 8. The van der Waals surface area contributed by atoms with Gasteiger partial charge in [0.2, 0.25) is 0 Å². The van der Waals surface area contributed by atoms with E-state index in [2.05, 4.69) is 0 Å². The third-order valence-corrected chi connectivity index (χ3v) is 10.6. The maximum Gasteiger partial charge on any atom is 0.191 e. The van der Waals surface area contributed by atoms with E-state index >= 15 is 0 Å². The summed E-state index contributed by atoms with van der Waals surface area (Å²) in [5.41, 5.74) is -3.83. The Balaban J connectivity index is 1.83. The summed E-state index contributed by atoms with van der Waals surface area (Å²) < 4.78 is 0. The van der Waals surface area contributed by atoms with Gasteiger partial charge in [0.05, 0.1) is 17.6 Å². The zero-order valence-corrected chi connectivity index (χ0v) is 24.3. The quantitative estimate of drug-likeness (QED) is 0.483. The van der Waals surface area contributed by atoms with Gasteiger partial charge in [0.1, 0.15) is 17.5 Å². The van der Waals surface area contributed by atoms with Crippen molar-refractivity contribution in [2.45, 2.75) is 66.1 Å². The number of carbonyl (C=O) groups is 5. The van der Waals surface area contributed by atoms with Crippen molar-refractivity contribution in [1.82, 2.24) is 0 Å². The molecule has 5 rings (SSSR count). The second-order valence-corrected chi connectivity index (χ2v) is 13.0. The molecule has 3 N–H and O–H groups in total. The van der Waals surface area contributed by atoms with Crippen LogP contribution in [0.4, 0.5) is 0 Å². The van der Waals surface area contributed by atoms with Crippen LogP contribution in [0.2, 0.25) is 0 Å². The summed E-state index contributed by atoms with van der Waals surface area (Å²) >= 11 is 0. The lowest BCUT2D eigenvalue weighted by Gasteiger charge is -2.65. The Kier molecular flexibility index (Phi) is 6.37. The Labute approximate surface area is 238 Å². The predicted octanol–water partition coefficient (Wildman–Crippen LogP) is 3.60. The van der Waals surface area contributed by atoms with Crippen molar-refractivity contribution >= 4 is 28.9 Å². The molecule has 2 aromatic rings. The minimum atomic E-state index is -2.98. The summed E-state index contributed by atoms with van der Waals surface area (Å²) in [7, 11) is 0. The first kappa shape index (κ1) is 29.0. The number of aryl methyl sites for hydroxylation is 1. The highest BCUT2D eigenvalue weighted by molar-refractivity contribution is 6.33. The normalized spacial score (nSPS) is 36.6. The van der Waals surface area contributed by atoms with Gasteiger partial charge in [-0.2, -0.15) is 0 Å². The Bertz CT molecular complexity index is 1540. The van der Waals surface area contributed by atoms with Crippen LogP contribution in [0.5, 0.6) is 5.75 Å². The molecular formula is C33H36O8. The fraction of sp³-hybridized carbons (Fsp3) is 0.485. The number of carbonyl (C=O) groups excluding carboxylic acids is 5. The maximum absolute atomic E-state index is 14.5. The minimum Gasteiger partial charge on any atom is -0.507 e. The van der Waals surface area contributed by atoms with Crippen LogP contribution in [0.3, 0.4) is 0 Å². The second-order valence-electron chi connectivity index (χ2n) is 13.0. The van der Waals surface area contributed by atoms with E-state index < -0.39 is 81.0 Å². The van der Waals surface area contributed by atoms with Crippen molar-refractivity contribution in [1.29, 1.82) is 0 Å². The highest BCUT2D eigenvalue weighted by Gasteiger charge is 2.80. The third kappa shape index (κ3) is 3.32. The molecule has 2 aromatic carbocycles. The zero-order valence-electron chi connectivity index (χ0n) is 24.3. The Morgan fingerprint density at radius 3 is 2.07 bits per heavy atom. The molecule has 3 aliphatic rings. The Morgan fingerprint density at radius 1 is 0.951 bits per heavy atom. The van der Waals surface area contributed by atoms with Crippen LogP contribution in [0.25, 0.3) is 11.1 Å². The van der Waals surface area contributed by atoms with Gasteiger partial charge in [-0.05, 0) is 48.4 Å². The number of fused-ring (bicyclic) bond motifs is 3. The molecule has 0 radical (unpaired) electrons. The van der Waals surface area contributed by atoms with E-state index in [4.69, 9.17) is 0 Å². The standard InChI is InChI=1S/C33H36O8/c1-14(2)24-26(36)22(17(5)34)28(38)33(41)29(39)25-27(37)23-20(35)13-12-19(18-10-8-15(3)9-11-18)21(23)16(4)31(25,6)30(40)32(24,33)7/h8-14,16,22,24-25,30,35,40-41H,1-7H3/t16-,22?,24?,25?,30-,31+,32+,33+/m1/s1. The number of phenols is 1. The van der Waals surface area contributed by atoms with Gasteiger partial charge in [0.15, 0.2) is 28.7 Å². The Morgan fingerprint density at radius 2 is 1.54 bits per heavy atom. The van der Waals surface area contributed by atoms with Gasteiger partial charge in [-0.25, -0.2) is 0 Å². The van der Waals surface area contributed by atoms with Crippen LogP contribution in [-0.4, -0.2) is 55.9 Å². The molecule has 2 fully saturated rings. The van der Waals surface area contributed by atoms with Crippen LogP contribution >= 0.6 is 0 Å². The predicted molar refractivity (Wildman–Crippen MR) is 149 cm³/mol. The molecule has 0 aromatic heterocycles. The maximum atomic E-state index is 14.5. The van der Waals surface area contributed by atoms with Crippen molar-refractivity contribution in [3.8, 4) is 16.9 Å². The molecule has 3 unspecified atom stereocenters. The van der Waals surface area contributed by atoms with Gasteiger partial charge in [-0.15, -0.1) is 0 Å². The lowest BCUT2D eigenvalue weighted by molar-refractivity contribution is -0.240. The summed E-state index contributed by atoms with van der Waals surface area (Å²) in [6.07, 6.45) is -1.70. The summed E-state index contributed by atoms with van der Waals surface area (Å²) in [4.78, 5) is 68.9. The van der Waals surface area contributed by atoms with Crippen molar-refractivity contribution < 1.29 is 39.3 Å². The van der Waals surface area contributed by atoms with Gasteiger partial charge >= 0.3 is 0 Å². The average Bonchev–Trinajstić information content (AvgIpc) is 2.89.